The van der Waals surface area contributed by atoms with Crippen LogP contribution < -0.4 is 4.90 Å². The van der Waals surface area contributed by atoms with Gasteiger partial charge in [-0.05, 0) is 44.4 Å². The van der Waals surface area contributed by atoms with Crippen molar-refractivity contribution < 1.29 is 14.0 Å². The van der Waals surface area contributed by atoms with E-state index < -0.39 is 10.7 Å². The molecule has 38 heavy (non-hydrogen) atoms. The second-order valence-electron chi connectivity index (χ2n) is 11.3. The number of benzene rings is 2. The maximum Gasteiger partial charge on any atom is 0.242 e. The van der Waals surface area contributed by atoms with Gasteiger partial charge in [0, 0.05) is 29.6 Å². The average molecular weight is 535 g/mol. The minimum Gasteiger partial charge on any atom is -0.341 e. The molecule has 0 aliphatic carbocycles. The predicted molar refractivity (Wildman–Crippen MR) is 151 cm³/mol. The molecule has 3 aromatic rings. The number of carbonyl (C=O) groups is 2. The van der Waals surface area contributed by atoms with Gasteiger partial charge >= 0.3 is 0 Å². The van der Waals surface area contributed by atoms with Crippen LogP contribution in [0, 0.1) is 19.7 Å². The lowest BCUT2D eigenvalue weighted by Gasteiger charge is -2.26. The summed E-state index contributed by atoms with van der Waals surface area (Å²) in [6.07, 6.45) is 1.95. The normalized spacial score (nSPS) is 18.1. The van der Waals surface area contributed by atoms with Crippen LogP contribution in [0.3, 0.4) is 0 Å². The SMILES string of the molecule is Cc1ccc(-n2nc(C(C)(C)C)c3c2N(CC(=O)N2CCCC2)C(=O)CS[C@@H]3c2ccccc2F)c(C)c1. The lowest BCUT2D eigenvalue weighted by Crippen LogP contribution is -2.43. The van der Waals surface area contributed by atoms with Crippen LogP contribution in [-0.4, -0.2) is 51.9 Å². The van der Waals surface area contributed by atoms with E-state index in [1.807, 2.05) is 41.6 Å². The van der Waals surface area contributed by atoms with Crippen LogP contribution in [0.1, 0.15) is 66.8 Å². The van der Waals surface area contributed by atoms with E-state index in [4.69, 9.17) is 5.10 Å². The number of carbonyl (C=O) groups excluding carboxylic acids is 2. The molecule has 1 aromatic heterocycles. The molecule has 0 N–H and O–H groups in total. The van der Waals surface area contributed by atoms with E-state index in [9.17, 15) is 9.59 Å². The number of halogens is 1. The molecule has 200 valence electrons. The molecule has 0 bridgehead atoms. The molecule has 1 fully saturated rings. The van der Waals surface area contributed by atoms with E-state index in [0.717, 1.165) is 40.9 Å². The highest BCUT2D eigenvalue weighted by atomic mass is 32.2. The number of anilines is 1. The Morgan fingerprint density at radius 1 is 1.11 bits per heavy atom. The fraction of sp³-hybridized carbons (Fsp3) is 0.433. The van der Waals surface area contributed by atoms with Crippen molar-refractivity contribution in [3.63, 3.8) is 0 Å². The Morgan fingerprint density at radius 3 is 2.47 bits per heavy atom. The smallest absolute Gasteiger partial charge is 0.242 e. The van der Waals surface area contributed by atoms with Crippen molar-refractivity contribution in [3.8, 4) is 5.69 Å². The van der Waals surface area contributed by atoms with Gasteiger partial charge in [0.15, 0.2) is 0 Å². The van der Waals surface area contributed by atoms with E-state index in [1.54, 1.807) is 17.0 Å². The van der Waals surface area contributed by atoms with Crippen LogP contribution in [0.15, 0.2) is 42.5 Å². The number of hydrogen-bond donors (Lipinski definition) is 0. The first-order valence-electron chi connectivity index (χ1n) is 13.2. The second-order valence-corrected chi connectivity index (χ2v) is 12.4. The average Bonchev–Trinajstić information content (AvgIpc) is 3.50. The quantitative estimate of drug-likeness (QED) is 0.430. The van der Waals surface area contributed by atoms with Crippen LogP contribution in [0.4, 0.5) is 10.2 Å². The van der Waals surface area contributed by atoms with Gasteiger partial charge in [0.25, 0.3) is 0 Å². The maximum atomic E-state index is 15.3. The van der Waals surface area contributed by atoms with Crippen molar-refractivity contribution in [1.82, 2.24) is 14.7 Å². The predicted octanol–water partition coefficient (Wildman–Crippen LogP) is 5.72. The van der Waals surface area contributed by atoms with Gasteiger partial charge in [-0.15, -0.1) is 11.8 Å². The van der Waals surface area contributed by atoms with Crippen LogP contribution in [0.5, 0.6) is 0 Å². The van der Waals surface area contributed by atoms with Crippen LogP contribution >= 0.6 is 11.8 Å². The minimum atomic E-state index is -0.448. The van der Waals surface area contributed by atoms with E-state index in [1.165, 1.54) is 17.8 Å². The molecular formula is C30H35FN4O2S. The Kier molecular flexibility index (Phi) is 7.11. The summed E-state index contributed by atoms with van der Waals surface area (Å²) in [7, 11) is 0. The molecule has 1 atom stereocenters. The lowest BCUT2D eigenvalue weighted by molar-refractivity contribution is -0.130. The summed E-state index contributed by atoms with van der Waals surface area (Å²) < 4.78 is 17.1. The molecule has 2 amide bonds. The van der Waals surface area contributed by atoms with Crippen LogP contribution in [0.2, 0.25) is 0 Å². The summed E-state index contributed by atoms with van der Waals surface area (Å²) >= 11 is 1.40. The van der Waals surface area contributed by atoms with Gasteiger partial charge in [0.2, 0.25) is 11.8 Å². The third-order valence-corrected chi connectivity index (χ3v) is 8.56. The molecule has 0 spiro atoms. The van der Waals surface area contributed by atoms with Crippen molar-refractivity contribution >= 4 is 29.4 Å². The van der Waals surface area contributed by atoms with Crippen LogP contribution in [-0.2, 0) is 15.0 Å². The zero-order chi connectivity index (χ0) is 27.2. The number of amides is 2. The molecule has 1 saturated heterocycles. The van der Waals surface area contributed by atoms with Gasteiger partial charge in [-0.25, -0.2) is 9.07 Å². The first kappa shape index (κ1) is 26.5. The Hall–Kier alpha value is -3.13. The Morgan fingerprint density at radius 2 is 1.82 bits per heavy atom. The van der Waals surface area contributed by atoms with Gasteiger partial charge in [-0.1, -0.05) is 56.7 Å². The summed E-state index contributed by atoms with van der Waals surface area (Å²) in [4.78, 5) is 30.6. The van der Waals surface area contributed by atoms with Crippen molar-refractivity contribution in [3.05, 3.63) is 76.2 Å². The minimum absolute atomic E-state index is 0.0590. The van der Waals surface area contributed by atoms with E-state index in [-0.39, 0.29) is 29.9 Å². The molecular weight excluding hydrogens is 499 g/mol. The van der Waals surface area contributed by atoms with Gasteiger partial charge in [-0.2, -0.15) is 5.10 Å². The first-order valence-corrected chi connectivity index (χ1v) is 14.3. The number of likely N-dealkylation sites (tertiary alicyclic amines) is 1. The fourth-order valence-corrected chi connectivity index (χ4v) is 6.64. The zero-order valence-electron chi connectivity index (χ0n) is 22.8. The summed E-state index contributed by atoms with van der Waals surface area (Å²) in [6.45, 7) is 11.7. The number of nitrogens with zero attached hydrogens (tertiary/aromatic N) is 4. The Balaban J connectivity index is 1.79. The van der Waals surface area contributed by atoms with Gasteiger partial charge in [0.1, 0.15) is 18.2 Å². The van der Waals surface area contributed by atoms with Gasteiger partial charge in [-0.3, -0.25) is 14.5 Å². The summed E-state index contributed by atoms with van der Waals surface area (Å²) in [5.41, 5.74) is 4.69. The van der Waals surface area contributed by atoms with Crippen LogP contribution in [0.25, 0.3) is 5.69 Å². The number of thioether (sulfide) groups is 1. The largest absolute Gasteiger partial charge is 0.341 e. The maximum absolute atomic E-state index is 15.3. The van der Waals surface area contributed by atoms with E-state index >= 15 is 4.39 Å². The molecule has 6 nitrogen and oxygen atoms in total. The molecule has 2 aliphatic rings. The highest BCUT2D eigenvalue weighted by Crippen LogP contribution is 2.49. The van der Waals surface area contributed by atoms with Gasteiger partial charge < -0.3 is 4.90 Å². The second kappa shape index (κ2) is 10.2. The number of hydrogen-bond acceptors (Lipinski definition) is 4. The molecule has 5 rings (SSSR count). The van der Waals surface area contributed by atoms with E-state index in [0.29, 0.717) is 24.5 Å². The number of fused-ring (bicyclic) bond motifs is 1. The Bertz CT molecular complexity index is 1390. The number of rotatable bonds is 4. The Labute approximate surface area is 228 Å². The standard InChI is InChI=1S/C30H35FN4O2S/c1-19-12-13-23(20(2)16-19)35-29-26(28(32-35)30(3,4)5)27(21-10-6-7-11-22(21)31)38-18-25(37)34(29)17-24(36)33-14-8-9-15-33/h6-7,10-13,16,27H,8-9,14-15,17-18H2,1-5H3/t27-/m1/s1. The van der Waals surface area contributed by atoms with Crippen molar-refractivity contribution in [1.29, 1.82) is 0 Å². The molecule has 0 unspecified atom stereocenters. The first-order chi connectivity index (χ1) is 18.1. The highest BCUT2D eigenvalue weighted by Gasteiger charge is 2.41. The highest BCUT2D eigenvalue weighted by molar-refractivity contribution is 8.00. The molecule has 2 aliphatic heterocycles. The topological polar surface area (TPSA) is 58.4 Å². The summed E-state index contributed by atoms with van der Waals surface area (Å²) in [5.74, 6) is 0.148. The summed E-state index contributed by atoms with van der Waals surface area (Å²) in [5, 5.41) is 4.67. The van der Waals surface area contributed by atoms with Gasteiger partial charge in [0.05, 0.1) is 22.4 Å². The molecule has 3 heterocycles. The molecule has 8 heteroatoms. The lowest BCUT2D eigenvalue weighted by atomic mass is 9.87. The van der Waals surface area contributed by atoms with Crippen molar-refractivity contribution in [2.24, 2.45) is 0 Å². The fourth-order valence-electron chi connectivity index (χ4n) is 5.42. The van der Waals surface area contributed by atoms with E-state index in [2.05, 4.69) is 26.8 Å². The van der Waals surface area contributed by atoms with Crippen molar-refractivity contribution in [2.45, 2.75) is 58.1 Å². The monoisotopic (exact) mass is 534 g/mol. The third-order valence-electron chi connectivity index (χ3n) is 7.32. The third kappa shape index (κ3) is 4.86. The summed E-state index contributed by atoms with van der Waals surface area (Å²) in [6, 6.07) is 12.9. The molecule has 0 saturated carbocycles. The molecule has 2 aromatic carbocycles. The molecule has 0 radical (unpaired) electrons. The number of aryl methyl sites for hydroxylation is 2. The zero-order valence-corrected chi connectivity index (χ0v) is 23.6. The number of aromatic nitrogens is 2. The van der Waals surface area contributed by atoms with Crippen molar-refractivity contribution in [2.75, 3.05) is 30.3 Å².